The number of nitro groups is 1. The summed E-state index contributed by atoms with van der Waals surface area (Å²) in [5.74, 6) is 5.48. The van der Waals surface area contributed by atoms with Crippen molar-refractivity contribution >= 4 is 11.4 Å². The SMILES string of the molecule is CC#CCNc1ccc(C#N)c([N+](=O)[O-])c1. The van der Waals surface area contributed by atoms with Crippen molar-refractivity contribution in [3.8, 4) is 17.9 Å². The third-order valence-electron chi connectivity index (χ3n) is 1.87. The van der Waals surface area contributed by atoms with Crippen molar-refractivity contribution in [2.75, 3.05) is 11.9 Å². The molecule has 0 fully saturated rings. The largest absolute Gasteiger partial charge is 0.374 e. The van der Waals surface area contributed by atoms with Crippen molar-refractivity contribution in [1.29, 1.82) is 5.26 Å². The molecule has 1 aromatic carbocycles. The second-order valence-electron chi connectivity index (χ2n) is 2.88. The van der Waals surface area contributed by atoms with Crippen LogP contribution in [0.2, 0.25) is 0 Å². The monoisotopic (exact) mass is 215 g/mol. The van der Waals surface area contributed by atoms with E-state index in [1.54, 1.807) is 19.1 Å². The molecular weight excluding hydrogens is 206 g/mol. The molecule has 0 unspecified atom stereocenters. The average Bonchev–Trinajstić information content (AvgIpc) is 2.29. The van der Waals surface area contributed by atoms with Gasteiger partial charge in [-0.3, -0.25) is 10.1 Å². The lowest BCUT2D eigenvalue weighted by atomic mass is 10.2. The van der Waals surface area contributed by atoms with E-state index in [4.69, 9.17) is 5.26 Å². The first kappa shape index (κ1) is 11.5. The number of nitrogens with zero attached hydrogens (tertiary/aromatic N) is 2. The molecule has 1 N–H and O–H groups in total. The van der Waals surface area contributed by atoms with Crippen LogP contribution in [0.4, 0.5) is 11.4 Å². The molecule has 0 aliphatic rings. The predicted molar refractivity (Wildman–Crippen MR) is 59.8 cm³/mol. The molecule has 0 atom stereocenters. The maximum atomic E-state index is 10.7. The quantitative estimate of drug-likeness (QED) is 0.474. The zero-order chi connectivity index (χ0) is 12.0. The van der Waals surface area contributed by atoms with Gasteiger partial charge in [-0.1, -0.05) is 5.92 Å². The first-order valence-corrected chi connectivity index (χ1v) is 4.51. The topological polar surface area (TPSA) is 79.0 Å². The van der Waals surface area contributed by atoms with Gasteiger partial charge in [0, 0.05) is 11.8 Å². The van der Waals surface area contributed by atoms with Gasteiger partial charge in [0.2, 0.25) is 0 Å². The molecule has 0 heterocycles. The van der Waals surface area contributed by atoms with Crippen molar-refractivity contribution in [3.63, 3.8) is 0 Å². The number of nitriles is 1. The van der Waals surface area contributed by atoms with Crippen LogP contribution >= 0.6 is 0 Å². The van der Waals surface area contributed by atoms with Crippen LogP contribution in [0.15, 0.2) is 18.2 Å². The molecule has 5 heteroatoms. The summed E-state index contributed by atoms with van der Waals surface area (Å²) in [7, 11) is 0. The Morgan fingerprint density at radius 3 is 2.88 bits per heavy atom. The summed E-state index contributed by atoms with van der Waals surface area (Å²) in [6.45, 7) is 2.13. The van der Waals surface area contributed by atoms with Crippen LogP contribution in [0.3, 0.4) is 0 Å². The smallest absolute Gasteiger partial charge is 0.289 e. The van der Waals surface area contributed by atoms with Crippen molar-refractivity contribution in [2.24, 2.45) is 0 Å². The summed E-state index contributed by atoms with van der Waals surface area (Å²) in [6.07, 6.45) is 0. The van der Waals surface area contributed by atoms with Crippen LogP contribution in [0.5, 0.6) is 0 Å². The maximum Gasteiger partial charge on any atom is 0.289 e. The summed E-state index contributed by atoms with van der Waals surface area (Å²) in [5, 5.41) is 22.2. The van der Waals surface area contributed by atoms with Gasteiger partial charge in [0.15, 0.2) is 0 Å². The summed E-state index contributed by atoms with van der Waals surface area (Å²) in [5.41, 5.74) is 0.433. The minimum atomic E-state index is -0.574. The molecule has 0 saturated heterocycles. The zero-order valence-corrected chi connectivity index (χ0v) is 8.65. The Bertz CT molecular complexity index is 506. The highest BCUT2D eigenvalue weighted by Gasteiger charge is 2.13. The van der Waals surface area contributed by atoms with Crippen molar-refractivity contribution in [1.82, 2.24) is 0 Å². The first-order chi connectivity index (χ1) is 7.69. The Morgan fingerprint density at radius 2 is 2.31 bits per heavy atom. The van der Waals surface area contributed by atoms with Crippen LogP contribution in [0.1, 0.15) is 12.5 Å². The predicted octanol–water partition coefficient (Wildman–Crippen LogP) is 1.90. The van der Waals surface area contributed by atoms with Gasteiger partial charge in [-0.25, -0.2) is 0 Å². The number of anilines is 1. The molecular formula is C11H9N3O2. The summed E-state index contributed by atoms with van der Waals surface area (Å²) in [4.78, 5) is 10.1. The maximum absolute atomic E-state index is 10.7. The lowest BCUT2D eigenvalue weighted by Gasteiger charge is -2.02. The van der Waals surface area contributed by atoms with E-state index >= 15 is 0 Å². The fourth-order valence-electron chi connectivity index (χ4n) is 1.12. The van der Waals surface area contributed by atoms with E-state index < -0.39 is 4.92 Å². The minimum Gasteiger partial charge on any atom is -0.374 e. The van der Waals surface area contributed by atoms with E-state index in [2.05, 4.69) is 17.2 Å². The lowest BCUT2D eigenvalue weighted by molar-refractivity contribution is -0.385. The van der Waals surface area contributed by atoms with Crippen molar-refractivity contribution in [3.05, 3.63) is 33.9 Å². The van der Waals surface area contributed by atoms with E-state index in [-0.39, 0.29) is 11.3 Å². The lowest BCUT2D eigenvalue weighted by Crippen LogP contribution is -2.00. The van der Waals surface area contributed by atoms with Gasteiger partial charge in [-0.05, 0) is 19.1 Å². The molecule has 0 amide bonds. The Kier molecular flexibility index (Phi) is 3.88. The van der Waals surface area contributed by atoms with E-state index in [1.165, 1.54) is 12.1 Å². The van der Waals surface area contributed by atoms with Crippen molar-refractivity contribution < 1.29 is 4.92 Å². The number of benzene rings is 1. The van der Waals surface area contributed by atoms with Crippen LogP contribution in [-0.4, -0.2) is 11.5 Å². The molecule has 0 aliphatic carbocycles. The van der Waals surface area contributed by atoms with Crippen LogP contribution in [0.25, 0.3) is 0 Å². The Labute approximate surface area is 92.9 Å². The van der Waals surface area contributed by atoms with Gasteiger partial charge >= 0.3 is 0 Å². The summed E-state index contributed by atoms with van der Waals surface area (Å²) < 4.78 is 0. The number of hydrogen-bond donors (Lipinski definition) is 1. The van der Waals surface area contributed by atoms with Gasteiger partial charge < -0.3 is 5.32 Å². The van der Waals surface area contributed by atoms with E-state index in [0.717, 1.165) is 0 Å². The first-order valence-electron chi connectivity index (χ1n) is 4.51. The normalized spacial score (nSPS) is 8.50. The molecule has 1 rings (SSSR count). The second-order valence-corrected chi connectivity index (χ2v) is 2.88. The molecule has 0 bridgehead atoms. The molecule has 5 nitrogen and oxygen atoms in total. The highest BCUT2D eigenvalue weighted by Crippen LogP contribution is 2.22. The third kappa shape index (κ3) is 2.73. The third-order valence-corrected chi connectivity index (χ3v) is 1.87. The molecule has 0 spiro atoms. The minimum absolute atomic E-state index is 0.0529. The van der Waals surface area contributed by atoms with Crippen LogP contribution < -0.4 is 5.32 Å². The fourth-order valence-corrected chi connectivity index (χ4v) is 1.12. The fraction of sp³-hybridized carbons (Fsp3) is 0.182. The Morgan fingerprint density at radius 1 is 1.56 bits per heavy atom. The standard InChI is InChI=1S/C11H9N3O2/c1-2-3-6-13-10-5-4-9(8-12)11(7-10)14(15)16/h4-5,7,13H,6H2,1H3. The van der Waals surface area contributed by atoms with Crippen LogP contribution in [-0.2, 0) is 0 Å². The molecule has 0 aromatic heterocycles. The number of nitrogens with one attached hydrogen (secondary N) is 1. The number of nitro benzene ring substituents is 1. The molecule has 80 valence electrons. The Hall–Kier alpha value is -2.53. The van der Waals surface area contributed by atoms with E-state index in [1.807, 2.05) is 0 Å². The molecule has 16 heavy (non-hydrogen) atoms. The van der Waals surface area contributed by atoms with Gasteiger partial charge in [-0.2, -0.15) is 5.26 Å². The average molecular weight is 215 g/mol. The van der Waals surface area contributed by atoms with Crippen molar-refractivity contribution in [2.45, 2.75) is 6.92 Å². The second kappa shape index (κ2) is 5.38. The highest BCUT2D eigenvalue weighted by molar-refractivity contribution is 5.59. The van der Waals surface area contributed by atoms with Gasteiger partial charge in [0.05, 0.1) is 11.5 Å². The van der Waals surface area contributed by atoms with Gasteiger partial charge in [0.1, 0.15) is 11.6 Å². The number of hydrogen-bond acceptors (Lipinski definition) is 4. The Balaban J connectivity index is 2.97. The summed E-state index contributed by atoms with van der Waals surface area (Å²) >= 11 is 0. The molecule has 0 saturated carbocycles. The van der Waals surface area contributed by atoms with Gasteiger partial charge in [0.25, 0.3) is 5.69 Å². The van der Waals surface area contributed by atoms with Gasteiger partial charge in [-0.15, -0.1) is 5.92 Å². The van der Waals surface area contributed by atoms with Crippen LogP contribution in [0, 0.1) is 33.3 Å². The highest BCUT2D eigenvalue weighted by atomic mass is 16.6. The molecule has 0 radical (unpaired) electrons. The number of rotatable bonds is 3. The van der Waals surface area contributed by atoms with E-state index in [9.17, 15) is 10.1 Å². The molecule has 0 aliphatic heterocycles. The van der Waals surface area contributed by atoms with E-state index in [0.29, 0.717) is 12.2 Å². The molecule has 1 aromatic rings. The summed E-state index contributed by atoms with van der Waals surface area (Å²) in [6, 6.07) is 6.13. The zero-order valence-electron chi connectivity index (χ0n) is 8.65.